The number of nitrogens with zero attached hydrogens (tertiary/aromatic N) is 1. The summed E-state index contributed by atoms with van der Waals surface area (Å²) >= 11 is 0. The summed E-state index contributed by atoms with van der Waals surface area (Å²) in [4.78, 5) is 12.7. The highest BCUT2D eigenvalue weighted by atomic mass is 19.4. The molecule has 0 radical (unpaired) electrons. The number of rotatable bonds is 3. The number of carboxylic acids is 1. The molecule has 1 atom stereocenters. The molecule has 3 nitrogen and oxygen atoms in total. The third kappa shape index (κ3) is 2.55. The van der Waals surface area contributed by atoms with Crippen molar-refractivity contribution in [1.82, 2.24) is 0 Å². The quantitative estimate of drug-likeness (QED) is 0.764. The number of halogens is 4. The van der Waals surface area contributed by atoms with Crippen molar-refractivity contribution >= 4 is 23.4 Å². The Bertz CT molecular complexity index is 874. The van der Waals surface area contributed by atoms with Crippen LogP contribution in [0.5, 0.6) is 0 Å². The van der Waals surface area contributed by atoms with Gasteiger partial charge >= 0.3 is 12.1 Å². The molecule has 2 aromatic carbocycles. The summed E-state index contributed by atoms with van der Waals surface area (Å²) in [5, 5.41) is 9.55. The molecule has 1 unspecified atom stereocenters. The Kier molecular flexibility index (Phi) is 4.26. The van der Waals surface area contributed by atoms with Gasteiger partial charge in [-0.05, 0) is 48.4 Å². The molecular formula is C19H15F4NO2. The lowest BCUT2D eigenvalue weighted by Gasteiger charge is -2.48. The first kappa shape index (κ1) is 18.0. The summed E-state index contributed by atoms with van der Waals surface area (Å²) in [7, 11) is 0. The standard InChI is InChI=1S/C19H15F4NO2/c1-2-18(19(21,22)23)15(17(25)26)11-12-5-3-4-6-16(12)24(18)14-9-7-13(20)8-10-14/h3-11H,2H2,1H3,(H,25,26). The van der Waals surface area contributed by atoms with Crippen LogP contribution in [0.2, 0.25) is 0 Å². The highest BCUT2D eigenvalue weighted by Gasteiger charge is 2.63. The Hall–Kier alpha value is -2.83. The SMILES string of the molecule is CCC1(C(F)(F)F)C(C(=O)O)=Cc2ccccc2N1c1ccc(F)cc1. The summed E-state index contributed by atoms with van der Waals surface area (Å²) in [6, 6.07) is 10.8. The van der Waals surface area contributed by atoms with Crippen molar-refractivity contribution in [2.24, 2.45) is 0 Å². The Labute approximate surface area is 147 Å². The van der Waals surface area contributed by atoms with Gasteiger partial charge in [-0.3, -0.25) is 0 Å². The number of aliphatic carboxylic acids is 1. The smallest absolute Gasteiger partial charge is 0.416 e. The fourth-order valence-corrected chi connectivity index (χ4v) is 3.43. The second kappa shape index (κ2) is 6.16. The van der Waals surface area contributed by atoms with E-state index in [9.17, 15) is 27.5 Å². The third-order valence-electron chi connectivity index (χ3n) is 4.60. The van der Waals surface area contributed by atoms with Crippen molar-refractivity contribution in [1.29, 1.82) is 0 Å². The van der Waals surface area contributed by atoms with E-state index in [1.54, 1.807) is 18.2 Å². The monoisotopic (exact) mass is 365 g/mol. The lowest BCUT2D eigenvalue weighted by atomic mass is 9.78. The summed E-state index contributed by atoms with van der Waals surface area (Å²) < 4.78 is 56.2. The van der Waals surface area contributed by atoms with E-state index >= 15 is 0 Å². The van der Waals surface area contributed by atoms with Gasteiger partial charge in [0.15, 0.2) is 5.54 Å². The van der Waals surface area contributed by atoms with Gasteiger partial charge in [-0.15, -0.1) is 0 Å². The maximum atomic E-state index is 14.3. The molecule has 0 aliphatic carbocycles. The van der Waals surface area contributed by atoms with Gasteiger partial charge in [0, 0.05) is 11.4 Å². The molecule has 0 saturated heterocycles. The second-order valence-corrected chi connectivity index (χ2v) is 5.95. The zero-order valence-electron chi connectivity index (χ0n) is 13.7. The molecule has 3 rings (SSSR count). The number of anilines is 2. The first-order chi connectivity index (χ1) is 12.2. The molecule has 136 valence electrons. The molecular weight excluding hydrogens is 350 g/mol. The zero-order chi connectivity index (χ0) is 19.1. The normalized spacial score (nSPS) is 19.7. The van der Waals surface area contributed by atoms with E-state index in [1.807, 2.05) is 0 Å². The number of carbonyl (C=O) groups is 1. The van der Waals surface area contributed by atoms with Crippen LogP contribution in [0.15, 0.2) is 54.1 Å². The van der Waals surface area contributed by atoms with E-state index < -0.39 is 35.5 Å². The van der Waals surface area contributed by atoms with Gasteiger partial charge in [0.25, 0.3) is 0 Å². The first-order valence-electron chi connectivity index (χ1n) is 7.89. The van der Waals surface area contributed by atoms with E-state index in [2.05, 4.69) is 0 Å². The van der Waals surface area contributed by atoms with E-state index in [0.29, 0.717) is 5.56 Å². The Morgan fingerprint density at radius 1 is 1.12 bits per heavy atom. The average molecular weight is 365 g/mol. The van der Waals surface area contributed by atoms with E-state index in [0.717, 1.165) is 23.1 Å². The van der Waals surface area contributed by atoms with Gasteiger partial charge in [0.05, 0.1) is 5.57 Å². The van der Waals surface area contributed by atoms with Gasteiger partial charge in [0.2, 0.25) is 0 Å². The highest BCUT2D eigenvalue weighted by molar-refractivity contribution is 6.01. The van der Waals surface area contributed by atoms with Crippen molar-refractivity contribution in [3.05, 3.63) is 65.5 Å². The number of para-hydroxylation sites is 1. The third-order valence-corrected chi connectivity index (χ3v) is 4.60. The minimum absolute atomic E-state index is 0.0601. The number of hydrogen-bond donors (Lipinski definition) is 1. The van der Waals surface area contributed by atoms with Crippen molar-refractivity contribution in [3.8, 4) is 0 Å². The molecule has 0 saturated carbocycles. The average Bonchev–Trinajstić information content (AvgIpc) is 2.59. The molecule has 0 fully saturated rings. The van der Waals surface area contributed by atoms with Crippen LogP contribution in [0, 0.1) is 5.82 Å². The van der Waals surface area contributed by atoms with Crippen LogP contribution < -0.4 is 4.90 Å². The van der Waals surface area contributed by atoms with Crippen molar-refractivity contribution in [2.45, 2.75) is 25.1 Å². The summed E-state index contributed by atoms with van der Waals surface area (Å²) in [6.07, 6.45) is -4.34. The van der Waals surface area contributed by atoms with E-state index in [1.165, 1.54) is 25.1 Å². The van der Waals surface area contributed by atoms with Gasteiger partial charge in [0.1, 0.15) is 5.82 Å². The molecule has 26 heavy (non-hydrogen) atoms. The lowest BCUT2D eigenvalue weighted by molar-refractivity contribution is -0.179. The molecule has 1 N–H and O–H groups in total. The van der Waals surface area contributed by atoms with E-state index in [4.69, 9.17) is 0 Å². The maximum absolute atomic E-state index is 14.3. The Morgan fingerprint density at radius 2 is 1.73 bits per heavy atom. The predicted octanol–water partition coefficient (Wildman–Crippen LogP) is 5.16. The summed E-state index contributed by atoms with van der Waals surface area (Å²) in [5.74, 6) is -2.24. The second-order valence-electron chi connectivity index (χ2n) is 5.95. The number of alkyl halides is 3. The van der Waals surface area contributed by atoms with Crippen LogP contribution in [0.3, 0.4) is 0 Å². The highest BCUT2D eigenvalue weighted by Crippen LogP contribution is 2.53. The Balaban J connectivity index is 2.40. The van der Waals surface area contributed by atoms with Crippen molar-refractivity contribution < 1.29 is 27.5 Å². The largest absolute Gasteiger partial charge is 0.478 e. The van der Waals surface area contributed by atoms with E-state index in [-0.39, 0.29) is 11.4 Å². The minimum atomic E-state index is -4.88. The maximum Gasteiger partial charge on any atom is 0.416 e. The number of fused-ring (bicyclic) bond motifs is 1. The molecule has 1 heterocycles. The van der Waals surface area contributed by atoms with Gasteiger partial charge < -0.3 is 10.0 Å². The Morgan fingerprint density at radius 3 is 2.27 bits per heavy atom. The van der Waals surface area contributed by atoms with Crippen LogP contribution in [-0.4, -0.2) is 22.8 Å². The van der Waals surface area contributed by atoms with Crippen molar-refractivity contribution in [3.63, 3.8) is 0 Å². The van der Waals surface area contributed by atoms with Crippen LogP contribution in [0.1, 0.15) is 18.9 Å². The first-order valence-corrected chi connectivity index (χ1v) is 7.89. The molecule has 1 aliphatic rings. The molecule has 0 aromatic heterocycles. The fraction of sp³-hybridized carbons (Fsp3) is 0.211. The van der Waals surface area contributed by atoms with Gasteiger partial charge in [-0.25, -0.2) is 9.18 Å². The molecule has 0 bridgehead atoms. The fourth-order valence-electron chi connectivity index (χ4n) is 3.43. The molecule has 2 aromatic rings. The number of benzene rings is 2. The summed E-state index contributed by atoms with van der Waals surface area (Å²) in [5.41, 5.74) is -2.92. The zero-order valence-corrected chi connectivity index (χ0v) is 13.7. The minimum Gasteiger partial charge on any atom is -0.478 e. The summed E-state index contributed by atoms with van der Waals surface area (Å²) in [6.45, 7) is 1.29. The van der Waals surface area contributed by atoms with Crippen LogP contribution >= 0.6 is 0 Å². The molecule has 1 aliphatic heterocycles. The predicted molar refractivity (Wildman–Crippen MR) is 89.7 cm³/mol. The lowest BCUT2D eigenvalue weighted by Crippen LogP contribution is -2.60. The van der Waals surface area contributed by atoms with Gasteiger partial charge in [-0.2, -0.15) is 13.2 Å². The van der Waals surface area contributed by atoms with Crippen LogP contribution in [0.25, 0.3) is 6.08 Å². The molecule has 0 amide bonds. The number of carboxylic acid groups (broad SMARTS) is 1. The van der Waals surface area contributed by atoms with Gasteiger partial charge in [-0.1, -0.05) is 25.1 Å². The topological polar surface area (TPSA) is 40.5 Å². The molecule has 0 spiro atoms. The number of hydrogen-bond acceptors (Lipinski definition) is 2. The van der Waals surface area contributed by atoms with Crippen molar-refractivity contribution in [2.75, 3.05) is 4.90 Å². The van der Waals surface area contributed by atoms with Crippen LogP contribution in [-0.2, 0) is 4.79 Å². The molecule has 7 heteroatoms. The van der Waals surface area contributed by atoms with Crippen LogP contribution in [0.4, 0.5) is 28.9 Å².